The summed E-state index contributed by atoms with van der Waals surface area (Å²) in [5.74, 6) is 2.55. The summed E-state index contributed by atoms with van der Waals surface area (Å²) in [5.41, 5.74) is 1.50. The number of aromatic nitrogens is 2. The molecule has 0 fully saturated rings. The van der Waals surface area contributed by atoms with Crippen molar-refractivity contribution < 1.29 is 4.79 Å². The molecule has 0 radical (unpaired) electrons. The fourth-order valence-electron chi connectivity index (χ4n) is 2.48. The predicted octanol–water partition coefficient (Wildman–Crippen LogP) is 3.23. The number of terminal acetylenes is 1. The SMILES string of the molecule is C#CCCC1(CCC(=O)Nc2ccc(Cn3cccn3)cc2)N=N1. The van der Waals surface area contributed by atoms with Gasteiger partial charge in [-0.1, -0.05) is 12.1 Å². The molecule has 1 amide bonds. The zero-order valence-corrected chi connectivity index (χ0v) is 13.4. The van der Waals surface area contributed by atoms with E-state index < -0.39 is 5.66 Å². The van der Waals surface area contributed by atoms with E-state index in [0.717, 1.165) is 17.7 Å². The van der Waals surface area contributed by atoms with Crippen LogP contribution in [0.2, 0.25) is 0 Å². The highest BCUT2D eigenvalue weighted by atomic mass is 16.1. The van der Waals surface area contributed by atoms with Crippen LogP contribution in [0.15, 0.2) is 53.0 Å². The van der Waals surface area contributed by atoms with Crippen LogP contribution in [0.3, 0.4) is 0 Å². The highest BCUT2D eigenvalue weighted by molar-refractivity contribution is 5.90. The van der Waals surface area contributed by atoms with Crippen molar-refractivity contribution in [3.05, 3.63) is 48.3 Å². The molecule has 0 unspecified atom stereocenters. The smallest absolute Gasteiger partial charge is 0.224 e. The summed E-state index contributed by atoms with van der Waals surface area (Å²) < 4.78 is 1.85. The van der Waals surface area contributed by atoms with Crippen LogP contribution in [0, 0.1) is 12.3 Å². The molecule has 0 spiro atoms. The first-order chi connectivity index (χ1) is 11.7. The normalized spacial score (nSPS) is 14.1. The van der Waals surface area contributed by atoms with E-state index in [9.17, 15) is 4.79 Å². The van der Waals surface area contributed by atoms with E-state index in [0.29, 0.717) is 25.8 Å². The highest BCUT2D eigenvalue weighted by Crippen LogP contribution is 2.37. The number of nitrogens with zero attached hydrogens (tertiary/aromatic N) is 4. The van der Waals surface area contributed by atoms with E-state index in [1.165, 1.54) is 0 Å². The number of rotatable bonds is 8. The number of nitrogens with one attached hydrogen (secondary N) is 1. The Labute approximate surface area is 141 Å². The molecule has 1 aromatic carbocycles. The van der Waals surface area contributed by atoms with Crippen LogP contribution in [0.1, 0.15) is 31.2 Å². The lowest BCUT2D eigenvalue weighted by atomic mass is 10.0. The Balaban J connectivity index is 1.45. The van der Waals surface area contributed by atoms with E-state index in [2.05, 4.69) is 26.6 Å². The van der Waals surface area contributed by atoms with Crippen LogP contribution in [0.5, 0.6) is 0 Å². The first kappa shape index (κ1) is 15.9. The average Bonchev–Trinajstić information content (AvgIpc) is 3.18. The first-order valence-corrected chi connectivity index (χ1v) is 7.93. The minimum Gasteiger partial charge on any atom is -0.326 e. The molecule has 2 heterocycles. The van der Waals surface area contributed by atoms with Crippen LogP contribution < -0.4 is 5.32 Å². The molecule has 1 aromatic heterocycles. The maximum Gasteiger partial charge on any atom is 0.224 e. The van der Waals surface area contributed by atoms with Crippen LogP contribution in [0.25, 0.3) is 0 Å². The predicted molar refractivity (Wildman–Crippen MR) is 91.3 cm³/mol. The van der Waals surface area contributed by atoms with E-state index >= 15 is 0 Å². The third-order valence-corrected chi connectivity index (χ3v) is 3.95. The fourth-order valence-corrected chi connectivity index (χ4v) is 2.48. The lowest BCUT2D eigenvalue weighted by molar-refractivity contribution is -0.116. The summed E-state index contributed by atoms with van der Waals surface area (Å²) in [4.78, 5) is 12.1. The number of hydrogen-bond donors (Lipinski definition) is 1. The molecule has 6 nitrogen and oxygen atoms in total. The van der Waals surface area contributed by atoms with Gasteiger partial charge in [-0.3, -0.25) is 9.48 Å². The standard InChI is InChI=1S/C18H19N5O/c1-2-3-10-18(21-22-18)11-9-17(24)20-16-7-5-15(6-8-16)14-23-13-4-12-19-23/h1,4-8,12-13H,3,9-11,14H2,(H,20,24). The van der Waals surface area contributed by atoms with Gasteiger partial charge < -0.3 is 5.32 Å². The molecule has 1 aliphatic heterocycles. The quantitative estimate of drug-likeness (QED) is 0.758. The molecule has 3 rings (SSSR count). The Kier molecular flexibility index (Phi) is 4.71. The maximum absolute atomic E-state index is 12.1. The van der Waals surface area contributed by atoms with Crippen molar-refractivity contribution in [1.29, 1.82) is 0 Å². The van der Waals surface area contributed by atoms with Crippen molar-refractivity contribution in [2.24, 2.45) is 10.2 Å². The lowest BCUT2D eigenvalue weighted by Gasteiger charge is -2.10. The van der Waals surface area contributed by atoms with Crippen LogP contribution in [-0.4, -0.2) is 21.4 Å². The zero-order valence-electron chi connectivity index (χ0n) is 13.4. The Hall–Kier alpha value is -2.94. The largest absolute Gasteiger partial charge is 0.326 e. The molecule has 0 bridgehead atoms. The molecule has 24 heavy (non-hydrogen) atoms. The van der Waals surface area contributed by atoms with Crippen molar-refractivity contribution in [2.45, 2.75) is 37.9 Å². The molecular weight excluding hydrogens is 302 g/mol. The second-order valence-corrected chi connectivity index (χ2v) is 5.84. The van der Waals surface area contributed by atoms with E-state index in [-0.39, 0.29) is 5.91 Å². The molecule has 1 N–H and O–H groups in total. The van der Waals surface area contributed by atoms with Gasteiger partial charge in [0, 0.05) is 43.8 Å². The summed E-state index contributed by atoms with van der Waals surface area (Å²) in [5, 5.41) is 15.2. The van der Waals surface area contributed by atoms with Gasteiger partial charge in [-0.25, -0.2) is 0 Å². The maximum atomic E-state index is 12.1. The van der Waals surface area contributed by atoms with E-state index in [4.69, 9.17) is 6.42 Å². The minimum atomic E-state index is -0.405. The summed E-state index contributed by atoms with van der Waals surface area (Å²) >= 11 is 0. The number of hydrogen-bond acceptors (Lipinski definition) is 4. The van der Waals surface area contributed by atoms with Crippen LogP contribution >= 0.6 is 0 Å². The van der Waals surface area contributed by atoms with Crippen LogP contribution in [-0.2, 0) is 11.3 Å². The van der Waals surface area contributed by atoms with Gasteiger partial charge in [-0.2, -0.15) is 15.3 Å². The highest BCUT2D eigenvalue weighted by Gasteiger charge is 2.39. The van der Waals surface area contributed by atoms with Crippen molar-refractivity contribution >= 4 is 11.6 Å². The minimum absolute atomic E-state index is 0.0350. The molecular formula is C18H19N5O. The Morgan fingerprint density at radius 1 is 1.25 bits per heavy atom. The fraction of sp³-hybridized carbons (Fsp3) is 0.333. The summed E-state index contributed by atoms with van der Waals surface area (Å²) in [6.07, 6.45) is 11.3. The average molecular weight is 321 g/mol. The number of carbonyl (C=O) groups is 1. The summed E-state index contributed by atoms with van der Waals surface area (Å²) in [6, 6.07) is 9.66. The Bertz CT molecular complexity index is 750. The second-order valence-electron chi connectivity index (χ2n) is 5.84. The van der Waals surface area contributed by atoms with Crippen LogP contribution in [0.4, 0.5) is 5.69 Å². The van der Waals surface area contributed by atoms with E-state index in [1.807, 2.05) is 41.2 Å². The van der Waals surface area contributed by atoms with Gasteiger partial charge in [0.2, 0.25) is 5.91 Å². The molecule has 0 aliphatic carbocycles. The van der Waals surface area contributed by atoms with Gasteiger partial charge >= 0.3 is 0 Å². The van der Waals surface area contributed by atoms with Crippen molar-refractivity contribution in [3.63, 3.8) is 0 Å². The van der Waals surface area contributed by atoms with Gasteiger partial charge in [-0.15, -0.1) is 12.3 Å². The third kappa shape index (κ3) is 4.29. The lowest BCUT2D eigenvalue weighted by Crippen LogP contribution is -2.17. The molecule has 122 valence electrons. The Morgan fingerprint density at radius 2 is 2.04 bits per heavy atom. The van der Waals surface area contributed by atoms with Gasteiger partial charge in [0.05, 0.1) is 6.54 Å². The van der Waals surface area contributed by atoms with Crippen molar-refractivity contribution in [3.8, 4) is 12.3 Å². The first-order valence-electron chi connectivity index (χ1n) is 7.93. The van der Waals surface area contributed by atoms with E-state index in [1.54, 1.807) is 6.20 Å². The molecule has 1 aliphatic rings. The monoisotopic (exact) mass is 321 g/mol. The van der Waals surface area contributed by atoms with Crippen molar-refractivity contribution in [1.82, 2.24) is 9.78 Å². The molecule has 0 atom stereocenters. The van der Waals surface area contributed by atoms with Gasteiger partial charge in [0.1, 0.15) is 0 Å². The molecule has 0 saturated heterocycles. The second kappa shape index (κ2) is 7.09. The van der Waals surface area contributed by atoms with Crippen molar-refractivity contribution in [2.75, 3.05) is 5.32 Å². The summed E-state index contributed by atoms with van der Waals surface area (Å²) in [6.45, 7) is 0.710. The van der Waals surface area contributed by atoms with Gasteiger partial charge in [0.25, 0.3) is 0 Å². The molecule has 2 aromatic rings. The summed E-state index contributed by atoms with van der Waals surface area (Å²) in [7, 11) is 0. The number of anilines is 1. The molecule has 6 heteroatoms. The number of amides is 1. The number of benzene rings is 1. The van der Waals surface area contributed by atoms with Gasteiger partial charge in [-0.05, 0) is 23.8 Å². The topological polar surface area (TPSA) is 71.6 Å². The molecule has 0 saturated carbocycles. The zero-order chi connectivity index (χ0) is 16.8. The number of carbonyl (C=O) groups excluding carboxylic acids is 1. The van der Waals surface area contributed by atoms with Gasteiger partial charge in [0.15, 0.2) is 5.66 Å². The Morgan fingerprint density at radius 3 is 2.67 bits per heavy atom. The third-order valence-electron chi connectivity index (χ3n) is 3.95.